The number of phenols is 1. The number of hydrogen-bond donors (Lipinski definition) is 2. The van der Waals surface area contributed by atoms with E-state index in [0.717, 1.165) is 37.1 Å². The van der Waals surface area contributed by atoms with Gasteiger partial charge in [0, 0.05) is 29.6 Å². The molecule has 4 nitrogen and oxygen atoms in total. The normalized spacial score (nSPS) is 20.6. The number of likely N-dealkylation sites (tertiary alicyclic amines) is 1. The maximum atomic E-state index is 13.2. The zero-order valence-corrected chi connectivity index (χ0v) is 16.2. The van der Waals surface area contributed by atoms with E-state index in [1.807, 2.05) is 0 Å². The van der Waals surface area contributed by atoms with Crippen molar-refractivity contribution in [2.45, 2.75) is 25.8 Å². The van der Waals surface area contributed by atoms with Gasteiger partial charge in [-0.05, 0) is 55.1 Å². The number of methoxy groups -OCH3 is 1. The molecule has 1 aliphatic rings. The summed E-state index contributed by atoms with van der Waals surface area (Å²) >= 11 is 6.30. The molecule has 2 aromatic rings. The summed E-state index contributed by atoms with van der Waals surface area (Å²) in [4.78, 5) is 2.26. The van der Waals surface area contributed by atoms with E-state index in [9.17, 15) is 14.6 Å². The van der Waals surface area contributed by atoms with Gasteiger partial charge in [0.15, 0.2) is 11.5 Å². The number of aliphatic hydroxyl groups excluding tert-OH is 1. The van der Waals surface area contributed by atoms with Crippen LogP contribution in [0, 0.1) is 11.2 Å². The Balaban J connectivity index is 1.75. The van der Waals surface area contributed by atoms with Crippen molar-refractivity contribution in [1.82, 2.24) is 4.90 Å². The lowest BCUT2D eigenvalue weighted by Crippen LogP contribution is -2.46. The third-order valence-corrected chi connectivity index (χ3v) is 5.66. The number of nitrogens with zero attached hydrogens (tertiary/aromatic N) is 1. The fraction of sp³-hybridized carbons (Fsp3) is 0.429. The lowest BCUT2D eigenvalue weighted by atomic mass is 9.75. The molecule has 3 rings (SSSR count). The molecule has 146 valence electrons. The summed E-state index contributed by atoms with van der Waals surface area (Å²) < 4.78 is 18.4. The number of aromatic hydroxyl groups is 1. The number of phenolic OH excluding ortho intramolecular Hbond substituents is 1. The van der Waals surface area contributed by atoms with E-state index < -0.39 is 0 Å². The fourth-order valence-electron chi connectivity index (χ4n) is 3.92. The standard InChI is InChI=1S/C21H25ClFNO3/c1-27-20-9-16(18(22)10-19(20)26)12-24-8-2-7-21(13-24,14-25)11-15-3-5-17(23)6-4-15/h3-6,9-10,25-26H,2,7-8,11-14H2,1H3. The van der Waals surface area contributed by atoms with Crippen molar-refractivity contribution in [3.05, 3.63) is 58.4 Å². The molecule has 1 unspecified atom stereocenters. The monoisotopic (exact) mass is 393 g/mol. The molecule has 1 saturated heterocycles. The van der Waals surface area contributed by atoms with Gasteiger partial charge in [-0.1, -0.05) is 23.7 Å². The number of piperidine rings is 1. The second-order valence-corrected chi connectivity index (χ2v) is 7.80. The Morgan fingerprint density at radius 3 is 2.67 bits per heavy atom. The van der Waals surface area contributed by atoms with Crippen LogP contribution in [-0.4, -0.2) is 41.9 Å². The van der Waals surface area contributed by atoms with Crippen molar-refractivity contribution in [3.63, 3.8) is 0 Å². The van der Waals surface area contributed by atoms with Crippen LogP contribution in [-0.2, 0) is 13.0 Å². The minimum absolute atomic E-state index is 0.0194. The summed E-state index contributed by atoms with van der Waals surface area (Å²) in [6.45, 7) is 2.32. The highest BCUT2D eigenvalue weighted by Gasteiger charge is 2.35. The predicted molar refractivity (Wildman–Crippen MR) is 104 cm³/mol. The molecular weight excluding hydrogens is 369 g/mol. The summed E-state index contributed by atoms with van der Waals surface area (Å²) in [5.41, 5.74) is 1.64. The minimum atomic E-state index is -0.260. The molecule has 1 fully saturated rings. The third-order valence-electron chi connectivity index (χ3n) is 5.31. The Bertz CT molecular complexity index is 784. The molecule has 0 aromatic heterocycles. The Morgan fingerprint density at radius 2 is 2.00 bits per heavy atom. The van der Waals surface area contributed by atoms with Gasteiger partial charge >= 0.3 is 0 Å². The Kier molecular flexibility index (Phi) is 6.25. The molecule has 0 saturated carbocycles. The number of ether oxygens (including phenoxy) is 1. The number of aliphatic hydroxyl groups is 1. The van der Waals surface area contributed by atoms with E-state index in [0.29, 0.717) is 23.7 Å². The SMILES string of the molecule is COc1cc(CN2CCCC(CO)(Cc3ccc(F)cc3)C2)c(Cl)cc1O. The minimum Gasteiger partial charge on any atom is -0.504 e. The quantitative estimate of drug-likeness (QED) is 0.778. The van der Waals surface area contributed by atoms with Gasteiger partial charge in [-0.3, -0.25) is 4.90 Å². The number of benzene rings is 2. The summed E-state index contributed by atoms with van der Waals surface area (Å²) in [6.07, 6.45) is 2.59. The second kappa shape index (κ2) is 8.46. The van der Waals surface area contributed by atoms with E-state index >= 15 is 0 Å². The number of hydrogen-bond acceptors (Lipinski definition) is 4. The van der Waals surface area contributed by atoms with Gasteiger partial charge in [-0.25, -0.2) is 4.39 Å². The van der Waals surface area contributed by atoms with Crippen LogP contribution in [0.15, 0.2) is 36.4 Å². The molecule has 0 amide bonds. The van der Waals surface area contributed by atoms with Crippen LogP contribution in [0.2, 0.25) is 5.02 Å². The molecule has 0 aliphatic carbocycles. The maximum absolute atomic E-state index is 13.2. The van der Waals surface area contributed by atoms with Gasteiger partial charge in [0.05, 0.1) is 13.7 Å². The van der Waals surface area contributed by atoms with Crippen molar-refractivity contribution >= 4 is 11.6 Å². The highest BCUT2D eigenvalue weighted by molar-refractivity contribution is 6.31. The maximum Gasteiger partial charge on any atom is 0.160 e. The Morgan fingerprint density at radius 1 is 1.26 bits per heavy atom. The van der Waals surface area contributed by atoms with Crippen molar-refractivity contribution in [2.24, 2.45) is 5.41 Å². The van der Waals surface area contributed by atoms with E-state index in [1.165, 1.54) is 25.3 Å². The fourth-order valence-corrected chi connectivity index (χ4v) is 4.14. The van der Waals surface area contributed by atoms with Crippen LogP contribution in [0.3, 0.4) is 0 Å². The van der Waals surface area contributed by atoms with Crippen molar-refractivity contribution < 1.29 is 19.3 Å². The Hall–Kier alpha value is -1.82. The van der Waals surface area contributed by atoms with Crippen molar-refractivity contribution in [3.8, 4) is 11.5 Å². The lowest BCUT2D eigenvalue weighted by Gasteiger charge is -2.42. The van der Waals surface area contributed by atoms with Crippen molar-refractivity contribution in [2.75, 3.05) is 26.8 Å². The first-order valence-electron chi connectivity index (χ1n) is 9.08. The first-order valence-corrected chi connectivity index (χ1v) is 9.45. The summed E-state index contributed by atoms with van der Waals surface area (Å²) in [7, 11) is 1.51. The highest BCUT2D eigenvalue weighted by Crippen LogP contribution is 2.36. The van der Waals surface area contributed by atoms with E-state index in [-0.39, 0.29) is 23.6 Å². The summed E-state index contributed by atoms with van der Waals surface area (Å²) in [5, 5.41) is 20.5. The number of rotatable bonds is 6. The van der Waals surface area contributed by atoms with Crippen LogP contribution in [0.25, 0.3) is 0 Å². The predicted octanol–water partition coefficient (Wildman–Crippen LogP) is 4.01. The molecule has 2 aromatic carbocycles. The third kappa shape index (κ3) is 4.72. The van der Waals surface area contributed by atoms with Crippen LogP contribution >= 0.6 is 11.6 Å². The molecular formula is C21H25ClFNO3. The van der Waals surface area contributed by atoms with Gasteiger partial charge in [-0.15, -0.1) is 0 Å². The molecule has 2 N–H and O–H groups in total. The van der Waals surface area contributed by atoms with Gasteiger partial charge in [-0.2, -0.15) is 0 Å². The summed E-state index contributed by atoms with van der Waals surface area (Å²) in [6, 6.07) is 9.75. The molecule has 1 aliphatic heterocycles. The molecule has 0 radical (unpaired) electrons. The van der Waals surface area contributed by atoms with Crippen LogP contribution in [0.4, 0.5) is 4.39 Å². The summed E-state index contributed by atoms with van der Waals surface area (Å²) in [5.74, 6) is 0.162. The van der Waals surface area contributed by atoms with Crippen LogP contribution in [0.1, 0.15) is 24.0 Å². The molecule has 6 heteroatoms. The van der Waals surface area contributed by atoms with Gasteiger partial charge in [0.2, 0.25) is 0 Å². The van der Waals surface area contributed by atoms with Gasteiger partial charge in [0.25, 0.3) is 0 Å². The lowest BCUT2D eigenvalue weighted by molar-refractivity contribution is 0.0288. The van der Waals surface area contributed by atoms with Gasteiger partial charge in [0.1, 0.15) is 5.82 Å². The Labute approximate surface area is 164 Å². The molecule has 27 heavy (non-hydrogen) atoms. The van der Waals surface area contributed by atoms with Gasteiger partial charge < -0.3 is 14.9 Å². The molecule has 1 atom stereocenters. The first-order chi connectivity index (χ1) is 12.9. The number of halogens is 2. The molecule has 1 heterocycles. The average Bonchev–Trinajstić information content (AvgIpc) is 2.66. The van der Waals surface area contributed by atoms with Crippen LogP contribution in [0.5, 0.6) is 11.5 Å². The smallest absolute Gasteiger partial charge is 0.160 e. The topological polar surface area (TPSA) is 52.9 Å². The zero-order valence-electron chi connectivity index (χ0n) is 15.4. The van der Waals surface area contributed by atoms with E-state index in [4.69, 9.17) is 16.3 Å². The van der Waals surface area contributed by atoms with Crippen molar-refractivity contribution in [1.29, 1.82) is 0 Å². The molecule has 0 bridgehead atoms. The zero-order chi connectivity index (χ0) is 19.4. The highest BCUT2D eigenvalue weighted by atomic mass is 35.5. The molecule has 0 spiro atoms. The average molecular weight is 394 g/mol. The second-order valence-electron chi connectivity index (χ2n) is 7.39. The van der Waals surface area contributed by atoms with Crippen LogP contribution < -0.4 is 4.74 Å². The van der Waals surface area contributed by atoms with E-state index in [1.54, 1.807) is 18.2 Å². The first kappa shape index (κ1) is 19.9. The van der Waals surface area contributed by atoms with E-state index in [2.05, 4.69) is 4.90 Å². The largest absolute Gasteiger partial charge is 0.504 e.